The van der Waals surface area contributed by atoms with Crippen molar-refractivity contribution in [3.8, 4) is 10.6 Å². The van der Waals surface area contributed by atoms with Crippen LogP contribution in [0.4, 0.5) is 0 Å². The van der Waals surface area contributed by atoms with Crippen molar-refractivity contribution in [2.75, 3.05) is 0 Å². The molecule has 3 rings (SSSR count). The summed E-state index contributed by atoms with van der Waals surface area (Å²) in [5, 5.41) is 2.56. The number of hydrogen-bond acceptors (Lipinski definition) is 7. The fourth-order valence-corrected chi connectivity index (χ4v) is 3.07. The van der Waals surface area contributed by atoms with Gasteiger partial charge in [0.15, 0.2) is 0 Å². The van der Waals surface area contributed by atoms with Gasteiger partial charge in [-0.3, -0.25) is 19.4 Å². The van der Waals surface area contributed by atoms with Crippen molar-refractivity contribution in [3.05, 3.63) is 60.3 Å². The molecule has 3 aromatic rings. The molecule has 0 aliphatic rings. The molecule has 3 aromatic heterocycles. The molecule has 3 N–H and O–H groups in total. The minimum atomic E-state index is -1.12. The summed E-state index contributed by atoms with van der Waals surface area (Å²) < 4.78 is 8.98. The Balaban J connectivity index is 1.83. The molecule has 26 heavy (non-hydrogen) atoms. The third-order valence-electron chi connectivity index (χ3n) is 3.60. The lowest BCUT2D eigenvalue weighted by atomic mass is 10.0. The Kier molecular flexibility index (Phi) is 5.18. The maximum absolute atomic E-state index is 12.7. The molecule has 0 aliphatic carbocycles. The van der Waals surface area contributed by atoms with E-state index in [9.17, 15) is 14.4 Å². The van der Waals surface area contributed by atoms with E-state index in [0.717, 1.165) is 11.5 Å². The lowest BCUT2D eigenvalue weighted by Gasteiger charge is -2.15. The molecule has 8 nitrogen and oxygen atoms in total. The number of nitrogens with two attached hydrogens (primary N) is 1. The number of carbonyl (C=O) groups is 3. The molecule has 1 atom stereocenters. The molecule has 0 aromatic carbocycles. The monoisotopic (exact) mass is 370 g/mol. The Morgan fingerprint density at radius 1 is 1.27 bits per heavy atom. The van der Waals surface area contributed by atoms with Crippen LogP contribution < -0.4 is 11.1 Å². The van der Waals surface area contributed by atoms with Crippen LogP contribution in [0.2, 0.25) is 0 Å². The van der Waals surface area contributed by atoms with Crippen LogP contribution in [0.5, 0.6) is 0 Å². The van der Waals surface area contributed by atoms with Gasteiger partial charge in [0.05, 0.1) is 34.9 Å². The lowest BCUT2D eigenvalue weighted by Crippen LogP contribution is -2.47. The number of aromatic nitrogens is 2. The predicted octanol–water partition coefficient (Wildman–Crippen LogP) is 1.19. The van der Waals surface area contributed by atoms with Crippen molar-refractivity contribution in [2.24, 2.45) is 5.73 Å². The number of amides is 2. The number of nitrogens with zero attached hydrogens (tertiary/aromatic N) is 2. The minimum absolute atomic E-state index is 0.0838. The Morgan fingerprint density at radius 2 is 2.12 bits per heavy atom. The van der Waals surface area contributed by atoms with E-state index in [4.69, 9.17) is 10.2 Å². The van der Waals surface area contributed by atoms with E-state index in [0.29, 0.717) is 16.1 Å². The highest BCUT2D eigenvalue weighted by atomic mass is 32.1. The molecular formula is C17H14N4O4S. The summed E-state index contributed by atoms with van der Waals surface area (Å²) in [4.78, 5) is 40.8. The average Bonchev–Trinajstić information content (AvgIpc) is 3.32. The van der Waals surface area contributed by atoms with E-state index in [1.54, 1.807) is 30.5 Å². The second-order valence-electron chi connectivity index (χ2n) is 5.37. The molecule has 0 radical (unpaired) electrons. The Labute approximate surface area is 152 Å². The quantitative estimate of drug-likeness (QED) is 0.601. The van der Waals surface area contributed by atoms with Gasteiger partial charge in [-0.1, -0.05) is 6.07 Å². The van der Waals surface area contributed by atoms with E-state index in [2.05, 4.69) is 14.7 Å². The second kappa shape index (κ2) is 7.70. The SMILES string of the molecule is NC(=O)C(=O)C(Cc1ccoc1)NC(=O)c1cnsc1-c1ccccn1. The first-order valence-corrected chi connectivity index (χ1v) is 8.35. The topological polar surface area (TPSA) is 128 Å². The van der Waals surface area contributed by atoms with Gasteiger partial charge in [-0.25, -0.2) is 0 Å². The van der Waals surface area contributed by atoms with Crippen LogP contribution in [-0.2, 0) is 16.0 Å². The van der Waals surface area contributed by atoms with Crippen LogP contribution >= 0.6 is 11.5 Å². The van der Waals surface area contributed by atoms with Gasteiger partial charge in [0.25, 0.3) is 11.8 Å². The summed E-state index contributed by atoms with van der Waals surface area (Å²) in [6, 6.07) is 5.84. The van der Waals surface area contributed by atoms with E-state index >= 15 is 0 Å². The fraction of sp³-hybridized carbons (Fsp3) is 0.118. The molecular weight excluding hydrogens is 356 g/mol. The molecule has 0 spiro atoms. The van der Waals surface area contributed by atoms with Crippen LogP contribution in [-0.4, -0.2) is 33.0 Å². The number of Topliss-reactive ketones (excluding diaryl/α,β-unsaturated/α-hetero) is 1. The van der Waals surface area contributed by atoms with Crippen LogP contribution in [0.1, 0.15) is 15.9 Å². The lowest BCUT2D eigenvalue weighted by molar-refractivity contribution is -0.137. The summed E-state index contributed by atoms with van der Waals surface area (Å²) >= 11 is 1.11. The van der Waals surface area contributed by atoms with E-state index in [1.807, 2.05) is 0 Å². The Bertz CT molecular complexity index is 921. The van der Waals surface area contributed by atoms with Crippen molar-refractivity contribution in [2.45, 2.75) is 12.5 Å². The minimum Gasteiger partial charge on any atom is -0.472 e. The predicted molar refractivity (Wildman–Crippen MR) is 93.2 cm³/mol. The van der Waals surface area contributed by atoms with Gasteiger partial charge < -0.3 is 15.5 Å². The van der Waals surface area contributed by atoms with Gasteiger partial charge in [0, 0.05) is 12.6 Å². The number of primary amides is 1. The summed E-state index contributed by atoms with van der Waals surface area (Å²) in [5.41, 5.74) is 6.61. The third kappa shape index (κ3) is 3.83. The van der Waals surface area contributed by atoms with Gasteiger partial charge in [-0.2, -0.15) is 4.37 Å². The van der Waals surface area contributed by atoms with E-state index < -0.39 is 23.6 Å². The largest absolute Gasteiger partial charge is 0.472 e. The van der Waals surface area contributed by atoms with Crippen LogP contribution in [0, 0.1) is 0 Å². The summed E-state index contributed by atoms with van der Waals surface area (Å²) in [7, 11) is 0. The fourth-order valence-electron chi connectivity index (χ4n) is 2.34. The molecule has 0 aliphatic heterocycles. The van der Waals surface area contributed by atoms with Crippen molar-refractivity contribution in [1.82, 2.24) is 14.7 Å². The highest BCUT2D eigenvalue weighted by Crippen LogP contribution is 2.25. The zero-order valence-corrected chi connectivity index (χ0v) is 14.2. The number of rotatable bonds is 7. The van der Waals surface area contributed by atoms with Gasteiger partial charge in [-0.05, 0) is 35.3 Å². The van der Waals surface area contributed by atoms with Crippen molar-refractivity contribution in [1.29, 1.82) is 0 Å². The van der Waals surface area contributed by atoms with Crippen molar-refractivity contribution in [3.63, 3.8) is 0 Å². The molecule has 9 heteroatoms. The molecule has 0 saturated carbocycles. The van der Waals surface area contributed by atoms with E-state index in [1.165, 1.54) is 18.7 Å². The summed E-state index contributed by atoms with van der Waals surface area (Å²) in [6.45, 7) is 0. The summed E-state index contributed by atoms with van der Waals surface area (Å²) in [5.74, 6) is -2.54. The smallest absolute Gasteiger partial charge is 0.287 e. The third-order valence-corrected chi connectivity index (χ3v) is 4.42. The maximum Gasteiger partial charge on any atom is 0.287 e. The molecule has 3 heterocycles. The molecule has 1 unspecified atom stereocenters. The first-order chi connectivity index (χ1) is 12.6. The highest BCUT2D eigenvalue weighted by Gasteiger charge is 2.27. The van der Waals surface area contributed by atoms with Gasteiger partial charge >= 0.3 is 0 Å². The number of carbonyl (C=O) groups excluding carboxylic acids is 3. The summed E-state index contributed by atoms with van der Waals surface area (Å²) in [6.07, 6.45) is 5.95. The zero-order chi connectivity index (χ0) is 18.5. The van der Waals surface area contributed by atoms with E-state index in [-0.39, 0.29) is 12.0 Å². The number of furan rings is 1. The van der Waals surface area contributed by atoms with Crippen LogP contribution in [0.25, 0.3) is 10.6 Å². The van der Waals surface area contributed by atoms with Gasteiger partial charge in [0.2, 0.25) is 5.78 Å². The Hall–Kier alpha value is -3.33. The molecule has 0 fully saturated rings. The number of hydrogen-bond donors (Lipinski definition) is 2. The molecule has 2 amide bonds. The van der Waals surface area contributed by atoms with Gasteiger partial charge in [-0.15, -0.1) is 0 Å². The van der Waals surface area contributed by atoms with Crippen LogP contribution in [0.15, 0.2) is 53.6 Å². The molecule has 132 valence electrons. The number of nitrogens with one attached hydrogen (secondary N) is 1. The standard InChI is InChI=1S/C17H14N4O4S/c18-16(23)14(22)13(7-10-4-6-25-9-10)21-17(24)11-8-20-26-15(11)12-3-1-2-5-19-12/h1-6,8-9,13H,7H2,(H2,18,23)(H,21,24). The van der Waals surface area contributed by atoms with Gasteiger partial charge in [0.1, 0.15) is 6.04 Å². The molecule has 0 bridgehead atoms. The highest BCUT2D eigenvalue weighted by molar-refractivity contribution is 7.10. The van der Waals surface area contributed by atoms with Crippen molar-refractivity contribution < 1.29 is 18.8 Å². The van der Waals surface area contributed by atoms with Crippen LogP contribution in [0.3, 0.4) is 0 Å². The molecule has 0 saturated heterocycles. The second-order valence-corrected chi connectivity index (χ2v) is 6.18. The first-order valence-electron chi connectivity index (χ1n) is 7.58. The number of pyridine rings is 1. The maximum atomic E-state index is 12.7. The first kappa shape index (κ1) is 17.5. The normalized spacial score (nSPS) is 11.7. The Morgan fingerprint density at radius 3 is 2.77 bits per heavy atom. The average molecular weight is 370 g/mol. The zero-order valence-electron chi connectivity index (χ0n) is 13.4. The van der Waals surface area contributed by atoms with Crippen molar-refractivity contribution >= 4 is 29.1 Å². The number of ketones is 1.